The molecular formula is C10H11N5O3S. The predicted octanol–water partition coefficient (Wildman–Crippen LogP) is 0.564. The average Bonchev–Trinajstić information content (AvgIpc) is 3.05. The Morgan fingerprint density at radius 2 is 2.16 bits per heavy atom. The minimum atomic E-state index is -1.08. The highest BCUT2D eigenvalue weighted by atomic mass is 32.1. The number of H-pyrrole nitrogens is 1. The van der Waals surface area contributed by atoms with Crippen molar-refractivity contribution in [2.24, 2.45) is 0 Å². The number of carboxylic acids is 1. The van der Waals surface area contributed by atoms with Gasteiger partial charge in [-0.1, -0.05) is 0 Å². The van der Waals surface area contributed by atoms with E-state index >= 15 is 0 Å². The van der Waals surface area contributed by atoms with Crippen LogP contribution in [0.3, 0.4) is 0 Å². The lowest BCUT2D eigenvalue weighted by molar-refractivity contribution is 0.0691. The predicted molar refractivity (Wildman–Crippen MR) is 66.7 cm³/mol. The second-order valence-electron chi connectivity index (χ2n) is 3.54. The molecule has 0 aliphatic rings. The van der Waals surface area contributed by atoms with E-state index in [1.165, 1.54) is 23.0 Å². The lowest BCUT2D eigenvalue weighted by Crippen LogP contribution is -2.34. The Hall–Kier alpha value is -2.42. The number of carbonyl (C=O) groups excluding carboxylic acids is 1. The monoisotopic (exact) mass is 281 g/mol. The fourth-order valence-corrected chi connectivity index (χ4v) is 1.97. The van der Waals surface area contributed by atoms with E-state index in [9.17, 15) is 9.59 Å². The number of carboxylic acid groups (broad SMARTS) is 1. The summed E-state index contributed by atoms with van der Waals surface area (Å²) in [5, 5.41) is 15.9. The molecule has 0 bridgehead atoms. The van der Waals surface area contributed by atoms with Gasteiger partial charge in [0.1, 0.15) is 5.01 Å². The summed E-state index contributed by atoms with van der Waals surface area (Å²) in [6, 6.07) is -0.360. The number of carbonyl (C=O) groups is 2. The van der Waals surface area contributed by atoms with E-state index in [1.54, 1.807) is 6.20 Å². The molecule has 19 heavy (non-hydrogen) atoms. The van der Waals surface area contributed by atoms with Crippen molar-refractivity contribution in [2.75, 3.05) is 0 Å². The molecule has 0 atom stereocenters. The van der Waals surface area contributed by atoms with E-state index < -0.39 is 5.97 Å². The standard InChI is InChI=1S/C10H11N5O3S/c16-9(17)7-4-19-8(15-7)3-13-10(18)12-2-6-1-11-5-14-6/h1,4-5H,2-3H2,(H,11,14)(H,16,17)(H2,12,13,18). The highest BCUT2D eigenvalue weighted by molar-refractivity contribution is 7.09. The summed E-state index contributed by atoms with van der Waals surface area (Å²) < 4.78 is 0. The topological polar surface area (TPSA) is 120 Å². The number of amides is 2. The summed E-state index contributed by atoms with van der Waals surface area (Å²) in [4.78, 5) is 32.6. The molecule has 0 unspecified atom stereocenters. The Labute approximate surface area is 111 Å². The highest BCUT2D eigenvalue weighted by Crippen LogP contribution is 2.09. The van der Waals surface area contributed by atoms with E-state index in [1.807, 2.05) is 0 Å². The molecule has 0 saturated carbocycles. The Bertz CT molecular complexity index is 565. The summed E-state index contributed by atoms with van der Waals surface area (Å²) in [5.74, 6) is -1.08. The molecule has 2 heterocycles. The number of hydrogen-bond acceptors (Lipinski definition) is 5. The molecule has 100 valence electrons. The number of nitrogens with one attached hydrogen (secondary N) is 3. The zero-order valence-corrected chi connectivity index (χ0v) is 10.5. The maximum atomic E-state index is 11.5. The van der Waals surface area contributed by atoms with Crippen molar-refractivity contribution >= 4 is 23.3 Å². The fraction of sp³-hybridized carbons (Fsp3) is 0.200. The number of aromatic nitrogens is 3. The van der Waals surface area contributed by atoms with Crippen LogP contribution in [0.15, 0.2) is 17.9 Å². The first kappa shape index (κ1) is 13.0. The minimum Gasteiger partial charge on any atom is -0.476 e. The smallest absolute Gasteiger partial charge is 0.355 e. The third kappa shape index (κ3) is 3.78. The molecule has 2 amide bonds. The third-order valence-electron chi connectivity index (χ3n) is 2.17. The molecular weight excluding hydrogens is 270 g/mol. The Morgan fingerprint density at radius 1 is 1.37 bits per heavy atom. The molecule has 2 aromatic heterocycles. The van der Waals surface area contributed by atoms with Gasteiger partial charge in [-0.25, -0.2) is 19.6 Å². The van der Waals surface area contributed by atoms with E-state index in [-0.39, 0.29) is 18.3 Å². The van der Waals surface area contributed by atoms with Crippen LogP contribution in [0, 0.1) is 0 Å². The molecule has 4 N–H and O–H groups in total. The normalized spacial score (nSPS) is 10.1. The van der Waals surface area contributed by atoms with Crippen molar-refractivity contribution in [2.45, 2.75) is 13.1 Å². The zero-order chi connectivity index (χ0) is 13.7. The number of aromatic carboxylic acids is 1. The lowest BCUT2D eigenvalue weighted by atomic mass is 10.5. The van der Waals surface area contributed by atoms with Gasteiger partial charge in [-0.15, -0.1) is 11.3 Å². The molecule has 0 saturated heterocycles. The quantitative estimate of drug-likeness (QED) is 0.638. The molecule has 9 heteroatoms. The lowest BCUT2D eigenvalue weighted by Gasteiger charge is -2.04. The van der Waals surface area contributed by atoms with Gasteiger partial charge in [0.2, 0.25) is 0 Å². The number of nitrogens with zero attached hydrogens (tertiary/aromatic N) is 2. The number of hydrogen-bond donors (Lipinski definition) is 4. The summed E-state index contributed by atoms with van der Waals surface area (Å²) in [7, 11) is 0. The van der Waals surface area contributed by atoms with Crippen LogP contribution in [0.4, 0.5) is 4.79 Å². The molecule has 2 rings (SSSR count). The van der Waals surface area contributed by atoms with Crippen molar-refractivity contribution < 1.29 is 14.7 Å². The second-order valence-corrected chi connectivity index (χ2v) is 4.49. The molecule has 0 aliphatic heterocycles. The number of urea groups is 1. The Kier molecular flexibility index (Phi) is 4.08. The number of imidazole rings is 1. The molecule has 2 aromatic rings. The van der Waals surface area contributed by atoms with E-state index in [0.717, 1.165) is 5.69 Å². The molecule has 0 radical (unpaired) electrons. The number of rotatable bonds is 5. The van der Waals surface area contributed by atoms with Gasteiger partial charge in [0, 0.05) is 11.6 Å². The van der Waals surface area contributed by atoms with E-state index in [4.69, 9.17) is 5.11 Å². The van der Waals surface area contributed by atoms with Gasteiger partial charge < -0.3 is 20.7 Å². The van der Waals surface area contributed by atoms with E-state index in [0.29, 0.717) is 11.6 Å². The van der Waals surface area contributed by atoms with Crippen molar-refractivity contribution in [3.63, 3.8) is 0 Å². The van der Waals surface area contributed by atoms with Crippen molar-refractivity contribution in [1.29, 1.82) is 0 Å². The Morgan fingerprint density at radius 3 is 2.79 bits per heavy atom. The average molecular weight is 281 g/mol. The first-order valence-electron chi connectivity index (χ1n) is 5.32. The van der Waals surface area contributed by atoms with Gasteiger partial charge in [-0.3, -0.25) is 0 Å². The van der Waals surface area contributed by atoms with Gasteiger partial charge in [-0.05, 0) is 0 Å². The Balaban J connectivity index is 1.75. The minimum absolute atomic E-state index is 0.0142. The number of aromatic amines is 1. The summed E-state index contributed by atoms with van der Waals surface area (Å²) >= 11 is 1.19. The number of thiazole rings is 1. The summed E-state index contributed by atoms with van der Waals surface area (Å²) in [6.07, 6.45) is 3.14. The fourth-order valence-electron chi connectivity index (χ4n) is 1.27. The first-order chi connectivity index (χ1) is 9.15. The van der Waals surface area contributed by atoms with Crippen molar-refractivity contribution in [1.82, 2.24) is 25.6 Å². The van der Waals surface area contributed by atoms with Gasteiger partial charge in [0.15, 0.2) is 5.69 Å². The highest BCUT2D eigenvalue weighted by Gasteiger charge is 2.09. The van der Waals surface area contributed by atoms with Gasteiger partial charge >= 0.3 is 12.0 Å². The van der Waals surface area contributed by atoms with Crippen LogP contribution in [0.25, 0.3) is 0 Å². The van der Waals surface area contributed by atoms with Crippen LogP contribution in [-0.2, 0) is 13.1 Å². The maximum Gasteiger partial charge on any atom is 0.355 e. The molecule has 8 nitrogen and oxygen atoms in total. The van der Waals surface area contributed by atoms with Crippen molar-refractivity contribution in [3.05, 3.63) is 34.3 Å². The summed E-state index contributed by atoms with van der Waals surface area (Å²) in [6.45, 7) is 0.525. The zero-order valence-electron chi connectivity index (χ0n) is 9.71. The van der Waals surface area contributed by atoms with Gasteiger partial charge in [0.05, 0.1) is 25.1 Å². The van der Waals surface area contributed by atoms with E-state index in [2.05, 4.69) is 25.6 Å². The van der Waals surface area contributed by atoms with Gasteiger partial charge in [-0.2, -0.15) is 0 Å². The van der Waals surface area contributed by atoms with Crippen LogP contribution >= 0.6 is 11.3 Å². The molecule has 0 aromatic carbocycles. The van der Waals surface area contributed by atoms with Crippen LogP contribution in [0.1, 0.15) is 21.2 Å². The first-order valence-corrected chi connectivity index (χ1v) is 6.20. The molecule has 0 fully saturated rings. The van der Waals surface area contributed by atoms with Crippen LogP contribution < -0.4 is 10.6 Å². The summed E-state index contributed by atoms with van der Waals surface area (Å²) in [5.41, 5.74) is 0.775. The third-order valence-corrected chi connectivity index (χ3v) is 3.01. The van der Waals surface area contributed by atoms with Crippen LogP contribution in [-0.4, -0.2) is 32.1 Å². The molecule has 0 spiro atoms. The molecule has 0 aliphatic carbocycles. The largest absolute Gasteiger partial charge is 0.476 e. The second kappa shape index (κ2) is 5.96. The SMILES string of the molecule is O=C(NCc1cnc[nH]1)NCc1nc(C(=O)O)cs1. The van der Waals surface area contributed by atoms with Crippen LogP contribution in [0.2, 0.25) is 0 Å². The van der Waals surface area contributed by atoms with Gasteiger partial charge in [0.25, 0.3) is 0 Å². The van der Waals surface area contributed by atoms with Crippen molar-refractivity contribution in [3.8, 4) is 0 Å². The maximum absolute atomic E-state index is 11.5. The van der Waals surface area contributed by atoms with Crippen LogP contribution in [0.5, 0.6) is 0 Å².